The Kier molecular flexibility index (Phi) is 6.60. The van der Waals surface area contributed by atoms with Crippen LogP contribution in [0.25, 0.3) is 118 Å². The fourth-order valence-corrected chi connectivity index (χ4v) is 10.9. The average Bonchev–Trinajstić information content (AvgIpc) is 3.67. The van der Waals surface area contributed by atoms with E-state index in [2.05, 4.69) is 194 Å². The molecule has 0 saturated carbocycles. The average molecular weight is 713 g/mol. The Morgan fingerprint density at radius 1 is 0.255 bits per heavy atom. The van der Waals surface area contributed by atoms with Gasteiger partial charge < -0.3 is 0 Å². The van der Waals surface area contributed by atoms with Crippen molar-refractivity contribution < 1.29 is 0 Å². The van der Waals surface area contributed by atoms with Crippen LogP contribution in [0.2, 0.25) is 0 Å². The molecule has 12 aromatic rings. The Morgan fingerprint density at radius 3 is 1.44 bits per heavy atom. The fourth-order valence-electron chi connectivity index (χ4n) is 9.48. The molecule has 0 fully saturated rings. The summed E-state index contributed by atoms with van der Waals surface area (Å²) in [5.41, 5.74) is 7.60. The third-order valence-electron chi connectivity index (χ3n) is 11.8. The lowest BCUT2D eigenvalue weighted by molar-refractivity contribution is 1.65. The van der Waals surface area contributed by atoms with Crippen LogP contribution >= 0.6 is 11.3 Å². The van der Waals surface area contributed by atoms with Crippen molar-refractivity contribution in [3.8, 4) is 33.4 Å². The zero-order chi connectivity index (χ0) is 36.0. The molecule has 55 heavy (non-hydrogen) atoms. The molecule has 0 bridgehead atoms. The van der Waals surface area contributed by atoms with E-state index in [0.29, 0.717) is 0 Å². The molecule has 254 valence electrons. The van der Waals surface area contributed by atoms with Gasteiger partial charge in [-0.2, -0.15) is 0 Å². The molecule has 1 heteroatoms. The van der Waals surface area contributed by atoms with Crippen molar-refractivity contribution in [1.29, 1.82) is 0 Å². The minimum atomic E-state index is 1.23. The summed E-state index contributed by atoms with van der Waals surface area (Å²) in [5, 5.41) is 18.2. The first kappa shape index (κ1) is 30.6. The maximum absolute atomic E-state index is 2.44. The highest BCUT2D eigenvalue weighted by Crippen LogP contribution is 2.50. The quantitative estimate of drug-likeness (QED) is 0.126. The molecule has 0 aliphatic heterocycles. The lowest BCUT2D eigenvalue weighted by atomic mass is 9.84. The predicted molar refractivity (Wildman–Crippen MR) is 241 cm³/mol. The Labute approximate surface area is 322 Å². The summed E-state index contributed by atoms with van der Waals surface area (Å²) in [5.74, 6) is 0. The van der Waals surface area contributed by atoms with Crippen molar-refractivity contribution in [3.63, 3.8) is 0 Å². The van der Waals surface area contributed by atoms with E-state index in [1.807, 2.05) is 11.3 Å². The first-order valence-corrected chi connectivity index (χ1v) is 19.8. The van der Waals surface area contributed by atoms with Gasteiger partial charge in [-0.1, -0.05) is 182 Å². The lowest BCUT2D eigenvalue weighted by Gasteiger charge is -2.19. The molecular weight excluding hydrogens is 681 g/mol. The van der Waals surface area contributed by atoms with Crippen LogP contribution in [0.4, 0.5) is 0 Å². The molecule has 12 rings (SSSR count). The first-order chi connectivity index (χ1) is 27.3. The van der Waals surface area contributed by atoms with Gasteiger partial charge in [0.25, 0.3) is 0 Å². The molecule has 11 aromatic carbocycles. The van der Waals surface area contributed by atoms with Crippen LogP contribution in [0.1, 0.15) is 0 Å². The number of fused-ring (bicyclic) bond motifs is 13. The largest absolute Gasteiger partial charge is 0.134 e. The van der Waals surface area contributed by atoms with E-state index in [4.69, 9.17) is 0 Å². The van der Waals surface area contributed by atoms with Gasteiger partial charge in [0.05, 0.1) is 0 Å². The van der Waals surface area contributed by atoms with E-state index in [1.165, 1.54) is 118 Å². The normalized spacial score (nSPS) is 12.0. The Balaban J connectivity index is 1.17. The van der Waals surface area contributed by atoms with Crippen LogP contribution in [-0.2, 0) is 0 Å². The molecule has 0 spiro atoms. The van der Waals surface area contributed by atoms with E-state index in [0.717, 1.165) is 0 Å². The van der Waals surface area contributed by atoms with Crippen molar-refractivity contribution in [1.82, 2.24) is 0 Å². The highest BCUT2D eigenvalue weighted by Gasteiger charge is 2.21. The number of hydrogen-bond acceptors (Lipinski definition) is 1. The highest BCUT2D eigenvalue weighted by molar-refractivity contribution is 7.27. The van der Waals surface area contributed by atoms with Gasteiger partial charge in [0.2, 0.25) is 0 Å². The minimum Gasteiger partial charge on any atom is -0.134 e. The van der Waals surface area contributed by atoms with Crippen molar-refractivity contribution in [2.75, 3.05) is 0 Å². The molecule has 1 heterocycles. The second-order valence-electron chi connectivity index (χ2n) is 14.7. The molecular formula is C54H32S. The first-order valence-electron chi connectivity index (χ1n) is 19.0. The molecule has 0 amide bonds. The molecule has 0 unspecified atom stereocenters. The Hall–Kier alpha value is -6.80. The summed E-state index contributed by atoms with van der Waals surface area (Å²) in [6, 6.07) is 72.1. The van der Waals surface area contributed by atoms with Crippen LogP contribution in [0.15, 0.2) is 194 Å². The van der Waals surface area contributed by atoms with Crippen LogP contribution in [0, 0.1) is 0 Å². The van der Waals surface area contributed by atoms with Crippen molar-refractivity contribution in [2.24, 2.45) is 0 Å². The maximum atomic E-state index is 2.44. The van der Waals surface area contributed by atoms with Gasteiger partial charge in [0.1, 0.15) is 0 Å². The second-order valence-corrected chi connectivity index (χ2v) is 15.7. The van der Waals surface area contributed by atoms with Gasteiger partial charge in [-0.15, -0.1) is 11.3 Å². The van der Waals surface area contributed by atoms with E-state index in [1.54, 1.807) is 0 Å². The standard InChI is InChI=1S/C54H32S/c1-3-20-37-33(15-1)17-14-30-41(37)50-45-27-10-8-25-43(45)49(44-26-9-11-28-46(44)50)36-19-13-18-34(31-36)48-32-35-16-2-4-21-38(35)51-52-42-24-7-5-22-39(42)40-23-6-12-29-47(40)53(52)55-54(48)51/h1-32H. The highest BCUT2D eigenvalue weighted by atomic mass is 32.1. The molecule has 0 atom stereocenters. The third kappa shape index (κ3) is 4.45. The van der Waals surface area contributed by atoms with E-state index in [9.17, 15) is 0 Å². The van der Waals surface area contributed by atoms with Crippen molar-refractivity contribution in [2.45, 2.75) is 0 Å². The van der Waals surface area contributed by atoms with Crippen LogP contribution < -0.4 is 0 Å². The molecule has 0 aliphatic rings. The van der Waals surface area contributed by atoms with Gasteiger partial charge in [-0.3, -0.25) is 0 Å². The number of rotatable bonds is 3. The van der Waals surface area contributed by atoms with E-state index >= 15 is 0 Å². The monoisotopic (exact) mass is 712 g/mol. The third-order valence-corrected chi connectivity index (χ3v) is 13.1. The van der Waals surface area contributed by atoms with Crippen molar-refractivity contribution in [3.05, 3.63) is 194 Å². The maximum Gasteiger partial charge on any atom is 0.0440 e. The van der Waals surface area contributed by atoms with Gasteiger partial charge in [-0.05, 0) is 99.2 Å². The summed E-state index contributed by atoms with van der Waals surface area (Å²) in [4.78, 5) is 0. The SMILES string of the molecule is c1cc(-c2c3ccccc3c(-c3cccc4ccccc34)c3ccccc23)cc(-c2cc3ccccc3c3c2sc2c4ccccc4c4ccccc4c23)c1. The molecule has 0 aliphatic carbocycles. The summed E-state index contributed by atoms with van der Waals surface area (Å²) in [6.07, 6.45) is 0. The topological polar surface area (TPSA) is 0 Å². The summed E-state index contributed by atoms with van der Waals surface area (Å²) in [7, 11) is 0. The molecule has 0 saturated heterocycles. The van der Waals surface area contributed by atoms with Gasteiger partial charge in [0.15, 0.2) is 0 Å². The van der Waals surface area contributed by atoms with Crippen molar-refractivity contribution >= 4 is 96.1 Å². The molecule has 0 N–H and O–H groups in total. The summed E-state index contributed by atoms with van der Waals surface area (Å²) < 4.78 is 2.70. The molecule has 0 radical (unpaired) electrons. The van der Waals surface area contributed by atoms with Gasteiger partial charge in [-0.25, -0.2) is 0 Å². The van der Waals surface area contributed by atoms with Crippen LogP contribution in [-0.4, -0.2) is 0 Å². The molecule has 0 nitrogen and oxygen atoms in total. The minimum absolute atomic E-state index is 1.23. The zero-order valence-electron chi connectivity index (χ0n) is 29.9. The van der Waals surface area contributed by atoms with Crippen LogP contribution in [0.5, 0.6) is 0 Å². The number of benzene rings is 11. The van der Waals surface area contributed by atoms with Crippen LogP contribution in [0.3, 0.4) is 0 Å². The lowest BCUT2D eigenvalue weighted by Crippen LogP contribution is -1.92. The fraction of sp³-hybridized carbons (Fsp3) is 0. The van der Waals surface area contributed by atoms with Gasteiger partial charge >= 0.3 is 0 Å². The van der Waals surface area contributed by atoms with E-state index in [-0.39, 0.29) is 0 Å². The zero-order valence-corrected chi connectivity index (χ0v) is 30.7. The number of thiophene rings is 1. The Bertz CT molecular complexity index is 3490. The smallest absolute Gasteiger partial charge is 0.0440 e. The summed E-state index contributed by atoms with van der Waals surface area (Å²) in [6.45, 7) is 0. The van der Waals surface area contributed by atoms with E-state index < -0.39 is 0 Å². The molecule has 1 aromatic heterocycles. The predicted octanol–water partition coefficient (Wildman–Crippen LogP) is 16.0. The summed E-state index contributed by atoms with van der Waals surface area (Å²) >= 11 is 1.95. The second kappa shape index (κ2) is 11.9. The Morgan fingerprint density at radius 2 is 0.727 bits per heavy atom. The van der Waals surface area contributed by atoms with Gasteiger partial charge in [0, 0.05) is 31.1 Å². The number of hydrogen-bond donors (Lipinski definition) is 0.